The number of carbonyl (C=O) groups excluding carboxylic acids is 1. The summed E-state index contributed by atoms with van der Waals surface area (Å²) in [5.74, 6) is 0.147. The van der Waals surface area contributed by atoms with Crippen molar-refractivity contribution in [2.24, 2.45) is 4.99 Å². The maximum atomic E-state index is 13.7. The molecule has 6 nitrogen and oxygen atoms in total. The average Bonchev–Trinajstić information content (AvgIpc) is 3.08. The number of nitrogens with zero attached hydrogens (tertiary/aromatic N) is 2. The molecule has 0 bridgehead atoms. The highest BCUT2D eigenvalue weighted by Crippen LogP contribution is 2.33. The number of allylic oxidation sites excluding steroid dienone is 1. The molecule has 1 aliphatic heterocycles. The number of hydrogen-bond donors (Lipinski definition) is 0. The van der Waals surface area contributed by atoms with Crippen LogP contribution in [0.25, 0.3) is 6.08 Å². The Kier molecular flexibility index (Phi) is 7.25. The lowest BCUT2D eigenvalue weighted by Crippen LogP contribution is -2.39. The first-order valence-electron chi connectivity index (χ1n) is 10.5. The van der Waals surface area contributed by atoms with E-state index in [0.717, 1.165) is 25.6 Å². The maximum Gasteiger partial charge on any atom is 0.338 e. The Morgan fingerprint density at radius 3 is 2.56 bits per heavy atom. The molecule has 0 saturated carbocycles. The summed E-state index contributed by atoms with van der Waals surface area (Å²) in [4.78, 5) is 31.8. The summed E-state index contributed by atoms with van der Waals surface area (Å²) in [5, 5.41) is 0. The van der Waals surface area contributed by atoms with Crippen molar-refractivity contribution in [3.05, 3.63) is 93.0 Å². The second-order valence-electron chi connectivity index (χ2n) is 7.72. The Labute approximate surface area is 217 Å². The third-order valence-corrected chi connectivity index (χ3v) is 7.47. The van der Waals surface area contributed by atoms with Gasteiger partial charge in [-0.15, -0.1) is 0 Å². The minimum atomic E-state index is -0.630. The quantitative estimate of drug-likeness (QED) is 0.397. The predicted molar refractivity (Wildman–Crippen MR) is 140 cm³/mol. The third-order valence-electron chi connectivity index (χ3n) is 5.44. The monoisotopic (exact) mass is 604 g/mol. The molecule has 9 heteroatoms. The van der Waals surface area contributed by atoms with Gasteiger partial charge < -0.3 is 9.47 Å². The fourth-order valence-corrected chi connectivity index (χ4v) is 6.36. The number of benzene rings is 2. The van der Waals surface area contributed by atoms with Crippen LogP contribution >= 0.6 is 43.2 Å². The van der Waals surface area contributed by atoms with E-state index in [4.69, 9.17) is 9.47 Å². The number of fused-ring (bicyclic) bond motifs is 1. The van der Waals surface area contributed by atoms with Crippen LogP contribution in [0, 0.1) is 6.92 Å². The fourth-order valence-electron chi connectivity index (χ4n) is 3.90. The highest BCUT2D eigenvalue weighted by atomic mass is 79.9. The van der Waals surface area contributed by atoms with Crippen molar-refractivity contribution < 1.29 is 14.3 Å². The lowest BCUT2D eigenvalue weighted by molar-refractivity contribution is -0.139. The maximum absolute atomic E-state index is 13.7. The van der Waals surface area contributed by atoms with Gasteiger partial charge in [-0.25, -0.2) is 9.79 Å². The Balaban J connectivity index is 1.99. The molecular formula is C25H22Br2N2O4S. The van der Waals surface area contributed by atoms with Crippen LogP contribution in [0.4, 0.5) is 0 Å². The van der Waals surface area contributed by atoms with Gasteiger partial charge in [0.1, 0.15) is 5.75 Å². The van der Waals surface area contributed by atoms with Crippen LogP contribution in [0.3, 0.4) is 0 Å². The molecule has 0 saturated heterocycles. The molecule has 0 N–H and O–H groups in total. The number of ether oxygens (including phenoxy) is 2. The van der Waals surface area contributed by atoms with Gasteiger partial charge in [-0.2, -0.15) is 0 Å². The zero-order valence-electron chi connectivity index (χ0n) is 19.0. The first kappa shape index (κ1) is 24.6. The summed E-state index contributed by atoms with van der Waals surface area (Å²) in [7, 11) is 1.58. The Bertz CT molecular complexity index is 1490. The van der Waals surface area contributed by atoms with E-state index in [1.165, 1.54) is 11.3 Å². The molecule has 1 aliphatic rings. The highest BCUT2D eigenvalue weighted by Gasteiger charge is 2.33. The molecule has 0 amide bonds. The second kappa shape index (κ2) is 10.0. The van der Waals surface area contributed by atoms with Crippen molar-refractivity contribution in [3.8, 4) is 5.75 Å². The normalized spacial score (nSPS) is 15.7. The minimum absolute atomic E-state index is 0.234. The van der Waals surface area contributed by atoms with Gasteiger partial charge >= 0.3 is 5.97 Å². The number of rotatable bonds is 5. The third kappa shape index (κ3) is 4.56. The van der Waals surface area contributed by atoms with Crippen molar-refractivity contribution >= 4 is 55.2 Å². The van der Waals surface area contributed by atoms with E-state index in [9.17, 15) is 9.59 Å². The standard InChI is InChI=1S/C25H22Br2N2O4S/c1-5-33-24(31)20-14(3)28-25-29(21(20)15-8-6-13(2)7-9-15)23(30)19(34-25)11-16-10-17(26)12-18(27)22(16)32-4/h6-12,21H,5H2,1-4H3/b19-11-/t21-/m0/s1. The molecular weight excluding hydrogens is 584 g/mol. The molecule has 0 spiro atoms. The molecule has 0 radical (unpaired) electrons. The van der Waals surface area contributed by atoms with Crippen LogP contribution in [0.5, 0.6) is 5.75 Å². The number of halogens is 2. The van der Waals surface area contributed by atoms with Crippen LogP contribution in [-0.4, -0.2) is 24.3 Å². The number of methoxy groups -OCH3 is 1. The molecule has 34 heavy (non-hydrogen) atoms. The summed E-state index contributed by atoms with van der Waals surface area (Å²) in [5.41, 5.74) is 3.32. The van der Waals surface area contributed by atoms with Gasteiger partial charge in [0.15, 0.2) is 4.80 Å². The number of aromatic nitrogens is 1. The smallest absolute Gasteiger partial charge is 0.338 e. The summed E-state index contributed by atoms with van der Waals surface area (Å²) in [6.45, 7) is 5.76. The Morgan fingerprint density at radius 2 is 1.91 bits per heavy atom. The lowest BCUT2D eigenvalue weighted by atomic mass is 9.95. The van der Waals surface area contributed by atoms with Crippen LogP contribution in [0.2, 0.25) is 0 Å². The van der Waals surface area contributed by atoms with Gasteiger partial charge in [-0.1, -0.05) is 57.1 Å². The first-order chi connectivity index (χ1) is 16.2. The number of hydrogen-bond acceptors (Lipinski definition) is 6. The van der Waals surface area contributed by atoms with Gasteiger partial charge in [-0.05, 0) is 60.5 Å². The fraction of sp³-hybridized carbons (Fsp3) is 0.240. The van der Waals surface area contributed by atoms with Crippen LogP contribution in [-0.2, 0) is 9.53 Å². The van der Waals surface area contributed by atoms with Crippen molar-refractivity contribution in [2.45, 2.75) is 26.8 Å². The van der Waals surface area contributed by atoms with Crippen molar-refractivity contribution in [1.82, 2.24) is 4.57 Å². The molecule has 4 rings (SSSR count). The number of esters is 1. The van der Waals surface area contributed by atoms with Crippen LogP contribution < -0.4 is 19.6 Å². The average molecular weight is 606 g/mol. The van der Waals surface area contributed by atoms with Gasteiger partial charge in [0, 0.05) is 10.0 Å². The number of thiazole rings is 1. The zero-order valence-corrected chi connectivity index (χ0v) is 23.0. The van der Waals surface area contributed by atoms with Gasteiger partial charge in [0.05, 0.1) is 40.0 Å². The molecule has 176 valence electrons. The first-order valence-corrected chi connectivity index (χ1v) is 12.9. The van der Waals surface area contributed by atoms with Crippen molar-refractivity contribution in [3.63, 3.8) is 0 Å². The molecule has 1 aromatic heterocycles. The number of carbonyl (C=O) groups is 1. The van der Waals surface area contributed by atoms with Crippen molar-refractivity contribution in [1.29, 1.82) is 0 Å². The molecule has 0 aliphatic carbocycles. The van der Waals surface area contributed by atoms with Gasteiger partial charge in [0.2, 0.25) is 0 Å². The summed E-state index contributed by atoms with van der Waals surface area (Å²) >= 11 is 8.28. The van der Waals surface area contributed by atoms with E-state index < -0.39 is 12.0 Å². The van der Waals surface area contributed by atoms with E-state index in [0.29, 0.717) is 26.4 Å². The van der Waals surface area contributed by atoms with E-state index >= 15 is 0 Å². The van der Waals surface area contributed by atoms with Crippen LogP contribution in [0.15, 0.2) is 66.4 Å². The minimum Gasteiger partial charge on any atom is -0.495 e. The topological polar surface area (TPSA) is 69.9 Å². The van der Waals surface area contributed by atoms with E-state index in [1.54, 1.807) is 31.6 Å². The van der Waals surface area contributed by atoms with E-state index in [1.807, 2.05) is 43.3 Å². The molecule has 1 atom stereocenters. The summed E-state index contributed by atoms with van der Waals surface area (Å²) < 4.78 is 14.6. The zero-order chi connectivity index (χ0) is 24.6. The number of aryl methyl sites for hydroxylation is 1. The second-order valence-corrected chi connectivity index (χ2v) is 10.5. The molecule has 0 unspecified atom stereocenters. The van der Waals surface area contributed by atoms with Gasteiger partial charge in [0.25, 0.3) is 5.56 Å². The largest absolute Gasteiger partial charge is 0.495 e. The molecule has 3 aromatic rings. The Morgan fingerprint density at radius 1 is 1.21 bits per heavy atom. The molecule has 2 aromatic carbocycles. The molecule has 0 fully saturated rings. The van der Waals surface area contributed by atoms with E-state index in [2.05, 4.69) is 36.9 Å². The lowest BCUT2D eigenvalue weighted by Gasteiger charge is -2.24. The Hall–Kier alpha value is -2.49. The van der Waals surface area contributed by atoms with E-state index in [-0.39, 0.29) is 12.2 Å². The summed E-state index contributed by atoms with van der Waals surface area (Å²) in [6.07, 6.45) is 1.79. The SMILES string of the molecule is CCOC(=O)C1=C(C)N=c2s/c(=C\c3cc(Br)cc(Br)c3OC)c(=O)n2[C@H]1c1ccc(C)cc1. The highest BCUT2D eigenvalue weighted by molar-refractivity contribution is 9.11. The summed E-state index contributed by atoms with van der Waals surface area (Å²) in [6, 6.07) is 10.9. The van der Waals surface area contributed by atoms with Crippen molar-refractivity contribution in [2.75, 3.05) is 13.7 Å². The molecule has 2 heterocycles. The predicted octanol–water partition coefficient (Wildman–Crippen LogP) is 4.64. The van der Waals surface area contributed by atoms with Crippen LogP contribution in [0.1, 0.15) is 36.6 Å². The van der Waals surface area contributed by atoms with Gasteiger partial charge in [-0.3, -0.25) is 9.36 Å².